The van der Waals surface area contributed by atoms with E-state index in [1.165, 1.54) is 0 Å². The first-order valence-corrected chi connectivity index (χ1v) is 4.50. The summed E-state index contributed by atoms with van der Waals surface area (Å²) in [5.41, 5.74) is 5.26. The summed E-state index contributed by atoms with van der Waals surface area (Å²) in [5, 5.41) is 8.71. The Morgan fingerprint density at radius 1 is 1.75 bits per heavy atom. The van der Waals surface area contributed by atoms with Gasteiger partial charge in [-0.25, -0.2) is 4.79 Å². The fourth-order valence-corrected chi connectivity index (χ4v) is 0.840. The third-order valence-corrected chi connectivity index (χ3v) is 1.70. The van der Waals surface area contributed by atoms with Crippen molar-refractivity contribution in [2.24, 2.45) is 5.73 Å². The molecule has 0 saturated carbocycles. The van der Waals surface area contributed by atoms with Gasteiger partial charge in [-0.1, -0.05) is 0 Å². The number of hydrogen-bond donors (Lipinski definition) is 1. The summed E-state index contributed by atoms with van der Waals surface area (Å²) >= 11 is 1.15. The lowest BCUT2D eigenvalue weighted by atomic mass is 10.3. The number of nitrogens with zero attached hydrogens (tertiary/aromatic N) is 1. The summed E-state index contributed by atoms with van der Waals surface area (Å²) < 4.78 is 4.61. The van der Waals surface area contributed by atoms with Gasteiger partial charge in [0.15, 0.2) is 5.57 Å². The van der Waals surface area contributed by atoms with E-state index in [2.05, 4.69) is 4.74 Å². The number of rotatable bonds is 3. The van der Waals surface area contributed by atoms with Gasteiger partial charge >= 0.3 is 5.97 Å². The monoisotopic (exact) mass is 186 g/mol. The maximum absolute atomic E-state index is 11.0. The molecule has 0 aromatic rings. The van der Waals surface area contributed by atoms with E-state index >= 15 is 0 Å². The molecule has 0 aliphatic rings. The molecule has 0 aliphatic carbocycles. The number of nitrogens with two attached hydrogens (primary N) is 1. The quantitative estimate of drug-likeness (QED) is 0.397. The Morgan fingerprint density at radius 3 is 2.67 bits per heavy atom. The van der Waals surface area contributed by atoms with Crippen molar-refractivity contribution in [3.8, 4) is 6.07 Å². The maximum Gasteiger partial charge on any atom is 0.351 e. The Morgan fingerprint density at radius 2 is 2.33 bits per heavy atom. The molecule has 0 amide bonds. The number of hydrogen-bond acceptors (Lipinski definition) is 5. The number of ether oxygens (including phenoxy) is 1. The van der Waals surface area contributed by atoms with Gasteiger partial charge in [0.1, 0.15) is 6.07 Å². The topological polar surface area (TPSA) is 76.1 Å². The molecule has 66 valence electrons. The van der Waals surface area contributed by atoms with Crippen LogP contribution in [0.1, 0.15) is 6.92 Å². The molecule has 0 fully saturated rings. The van der Waals surface area contributed by atoms with Gasteiger partial charge in [0, 0.05) is 0 Å². The number of carbonyl (C=O) groups is 1. The normalized spacial score (nSPS) is 11.4. The number of esters is 1. The van der Waals surface area contributed by atoms with Gasteiger partial charge < -0.3 is 10.5 Å². The molecule has 0 radical (unpaired) electrons. The second-order valence-electron chi connectivity index (χ2n) is 1.78. The summed E-state index contributed by atoms with van der Waals surface area (Å²) in [4.78, 5) is 11.0. The van der Waals surface area contributed by atoms with Crippen molar-refractivity contribution in [2.45, 2.75) is 6.92 Å². The molecule has 0 rings (SSSR count). The Kier molecular flexibility index (Phi) is 4.97. The summed E-state index contributed by atoms with van der Waals surface area (Å²) in [6.45, 7) is 1.91. The van der Waals surface area contributed by atoms with Crippen LogP contribution in [0.25, 0.3) is 0 Å². The fraction of sp³-hybridized carbons (Fsp3) is 0.429. The van der Waals surface area contributed by atoms with E-state index in [0.717, 1.165) is 11.8 Å². The van der Waals surface area contributed by atoms with Gasteiger partial charge in [0.2, 0.25) is 0 Å². The molecule has 12 heavy (non-hydrogen) atoms. The third kappa shape index (κ3) is 2.84. The Labute approximate surface area is 75.4 Å². The van der Waals surface area contributed by atoms with E-state index in [9.17, 15) is 4.79 Å². The highest BCUT2D eigenvalue weighted by atomic mass is 32.2. The zero-order valence-corrected chi connectivity index (χ0v) is 7.77. The molecule has 4 nitrogen and oxygen atoms in total. The maximum atomic E-state index is 11.0. The largest absolute Gasteiger partial charge is 0.462 e. The van der Waals surface area contributed by atoms with Crippen LogP contribution in [-0.4, -0.2) is 18.8 Å². The molecule has 0 unspecified atom stereocenters. The van der Waals surface area contributed by atoms with E-state index in [0.29, 0.717) is 0 Å². The first-order chi connectivity index (χ1) is 5.67. The first kappa shape index (κ1) is 10.8. The van der Waals surface area contributed by atoms with E-state index in [4.69, 9.17) is 11.0 Å². The molecule has 0 aromatic heterocycles. The van der Waals surface area contributed by atoms with Crippen LogP contribution < -0.4 is 5.73 Å². The van der Waals surface area contributed by atoms with Crippen molar-refractivity contribution < 1.29 is 9.53 Å². The van der Waals surface area contributed by atoms with Crippen molar-refractivity contribution in [1.29, 1.82) is 5.26 Å². The van der Waals surface area contributed by atoms with Gasteiger partial charge in [0.25, 0.3) is 0 Å². The summed E-state index contributed by atoms with van der Waals surface area (Å²) in [5.74, 6) is -0.660. The van der Waals surface area contributed by atoms with Crippen molar-refractivity contribution in [3.05, 3.63) is 10.6 Å². The zero-order valence-electron chi connectivity index (χ0n) is 6.96. The zero-order chi connectivity index (χ0) is 9.56. The minimum atomic E-state index is -0.660. The van der Waals surface area contributed by atoms with Gasteiger partial charge in [-0.15, -0.1) is 11.8 Å². The molecule has 2 N–H and O–H groups in total. The van der Waals surface area contributed by atoms with Gasteiger partial charge in [-0.05, 0) is 13.2 Å². The van der Waals surface area contributed by atoms with Gasteiger partial charge in [-0.2, -0.15) is 5.26 Å². The van der Waals surface area contributed by atoms with Crippen molar-refractivity contribution >= 4 is 17.7 Å². The van der Waals surface area contributed by atoms with E-state index in [1.54, 1.807) is 19.2 Å². The second-order valence-corrected chi connectivity index (χ2v) is 2.62. The highest BCUT2D eigenvalue weighted by molar-refractivity contribution is 8.02. The minimum absolute atomic E-state index is 0.121. The lowest BCUT2D eigenvalue weighted by Gasteiger charge is -2.01. The van der Waals surface area contributed by atoms with E-state index < -0.39 is 5.97 Å². The van der Waals surface area contributed by atoms with E-state index in [1.807, 2.05) is 0 Å². The average Bonchev–Trinajstić information content (AvgIpc) is 2.06. The number of thioether (sulfide) groups is 1. The van der Waals surface area contributed by atoms with Crippen LogP contribution in [0.5, 0.6) is 0 Å². The number of carbonyl (C=O) groups excluding carboxylic acids is 1. The molecule has 0 heterocycles. The second kappa shape index (κ2) is 5.49. The van der Waals surface area contributed by atoms with Crippen molar-refractivity contribution in [1.82, 2.24) is 0 Å². The van der Waals surface area contributed by atoms with Crippen molar-refractivity contribution in [2.75, 3.05) is 12.9 Å². The summed E-state index contributed by atoms with van der Waals surface area (Å²) in [7, 11) is 0. The summed E-state index contributed by atoms with van der Waals surface area (Å²) in [6, 6.07) is 1.70. The molecule has 0 aliphatic heterocycles. The Hall–Kier alpha value is -1.15. The van der Waals surface area contributed by atoms with Crippen LogP contribution in [-0.2, 0) is 9.53 Å². The van der Waals surface area contributed by atoms with Crippen LogP contribution in [0.3, 0.4) is 0 Å². The molecule has 5 heteroatoms. The molecular weight excluding hydrogens is 176 g/mol. The van der Waals surface area contributed by atoms with Gasteiger partial charge in [-0.3, -0.25) is 0 Å². The molecule has 0 bridgehead atoms. The average molecular weight is 186 g/mol. The predicted molar refractivity (Wildman–Crippen MR) is 47.0 cm³/mol. The van der Waals surface area contributed by atoms with E-state index in [-0.39, 0.29) is 17.2 Å². The third-order valence-electron chi connectivity index (χ3n) is 1.06. The highest BCUT2D eigenvalue weighted by Gasteiger charge is 2.13. The lowest BCUT2D eigenvalue weighted by molar-refractivity contribution is -0.138. The van der Waals surface area contributed by atoms with Crippen LogP contribution in [0.4, 0.5) is 0 Å². The highest BCUT2D eigenvalue weighted by Crippen LogP contribution is 2.11. The predicted octanol–water partition coefficient (Wildman–Crippen LogP) is 0.606. The molecule has 0 spiro atoms. The molecule has 0 aromatic carbocycles. The van der Waals surface area contributed by atoms with Gasteiger partial charge in [0.05, 0.1) is 11.6 Å². The van der Waals surface area contributed by atoms with Crippen molar-refractivity contribution in [3.63, 3.8) is 0 Å². The fourth-order valence-electron chi connectivity index (χ4n) is 0.507. The minimum Gasteiger partial charge on any atom is -0.462 e. The summed E-state index contributed by atoms with van der Waals surface area (Å²) in [6.07, 6.45) is 1.69. The smallest absolute Gasteiger partial charge is 0.351 e. The molecular formula is C7H10N2O2S. The Bertz CT molecular complexity index is 242. The number of nitriles is 1. The first-order valence-electron chi connectivity index (χ1n) is 3.28. The molecule has 0 atom stereocenters. The lowest BCUT2D eigenvalue weighted by Crippen LogP contribution is -2.11. The molecule has 0 saturated heterocycles. The van der Waals surface area contributed by atoms with Crippen LogP contribution in [0, 0.1) is 11.3 Å². The Balaban J connectivity index is 4.59. The SMILES string of the molecule is CCOC(=O)C(C#N)=C(N)SC. The standard InChI is InChI=1S/C7H10N2O2S/c1-3-11-7(10)5(4-8)6(9)12-2/h3,9H2,1-2H3. The van der Waals surface area contributed by atoms with Crippen LogP contribution >= 0.6 is 11.8 Å². The van der Waals surface area contributed by atoms with Crippen LogP contribution in [0.15, 0.2) is 10.6 Å². The van der Waals surface area contributed by atoms with Crippen LogP contribution in [0.2, 0.25) is 0 Å².